The van der Waals surface area contributed by atoms with Gasteiger partial charge in [-0.2, -0.15) is 10.1 Å². The van der Waals surface area contributed by atoms with E-state index in [1.54, 1.807) is 36.1 Å². The van der Waals surface area contributed by atoms with E-state index in [2.05, 4.69) is 28.8 Å². The second kappa shape index (κ2) is 8.64. The highest BCUT2D eigenvalue weighted by molar-refractivity contribution is 6.51. The van der Waals surface area contributed by atoms with Crippen molar-refractivity contribution in [2.75, 3.05) is 19.0 Å². The fourth-order valence-corrected chi connectivity index (χ4v) is 3.54. The van der Waals surface area contributed by atoms with Gasteiger partial charge in [-0.15, -0.1) is 0 Å². The zero-order valence-corrected chi connectivity index (χ0v) is 18.7. The Morgan fingerprint density at radius 2 is 1.75 bits per heavy atom. The molecule has 162 valence electrons. The van der Waals surface area contributed by atoms with Crippen LogP contribution in [0.5, 0.6) is 0 Å². The number of benzene rings is 1. The third kappa shape index (κ3) is 3.86. The van der Waals surface area contributed by atoms with Crippen molar-refractivity contribution in [1.82, 2.24) is 19.6 Å². The summed E-state index contributed by atoms with van der Waals surface area (Å²) in [4.78, 5) is 35.3. The lowest BCUT2D eigenvalue weighted by molar-refractivity contribution is 0.562. The van der Waals surface area contributed by atoms with Crippen LogP contribution in [0.3, 0.4) is 0 Å². The maximum Gasteiger partial charge on any atom is 0.235 e. The van der Waals surface area contributed by atoms with Gasteiger partial charge in [-0.25, -0.2) is 29.4 Å². The van der Waals surface area contributed by atoms with Gasteiger partial charge >= 0.3 is 0 Å². The van der Waals surface area contributed by atoms with Crippen molar-refractivity contribution in [2.45, 2.75) is 32.7 Å². The molecule has 4 rings (SSSR count). The van der Waals surface area contributed by atoms with Crippen molar-refractivity contribution < 1.29 is 4.79 Å². The maximum absolute atomic E-state index is 10.9. The highest BCUT2D eigenvalue weighted by atomic mass is 16.1. The fourth-order valence-electron chi connectivity index (χ4n) is 3.54. The summed E-state index contributed by atoms with van der Waals surface area (Å²) < 4.78 is 1.77. The molecular weight excluding hydrogens is 404 g/mol. The maximum atomic E-state index is 10.9. The van der Waals surface area contributed by atoms with Gasteiger partial charge in [0.15, 0.2) is 11.6 Å². The molecule has 32 heavy (non-hydrogen) atoms. The van der Waals surface area contributed by atoms with Gasteiger partial charge in [-0.1, -0.05) is 13.8 Å². The molecule has 0 saturated carbocycles. The lowest BCUT2D eigenvalue weighted by atomic mass is 10.1. The van der Waals surface area contributed by atoms with E-state index in [0.29, 0.717) is 28.8 Å². The van der Waals surface area contributed by atoms with E-state index < -0.39 is 6.04 Å². The summed E-state index contributed by atoms with van der Waals surface area (Å²) in [7, 11) is 3.97. The van der Waals surface area contributed by atoms with Gasteiger partial charge in [0.25, 0.3) is 0 Å². The summed E-state index contributed by atoms with van der Waals surface area (Å²) in [5.74, 6) is 1.21. The molecule has 1 aliphatic rings. The molecule has 0 bridgehead atoms. The summed E-state index contributed by atoms with van der Waals surface area (Å²) in [6.45, 7) is 5.92. The molecule has 0 aliphatic carbocycles. The predicted molar refractivity (Wildman–Crippen MR) is 125 cm³/mol. The minimum absolute atomic E-state index is 0.101. The number of fused-ring (bicyclic) bond motifs is 1. The Balaban J connectivity index is 1.90. The standard InChI is InChI=1S/C23H24N8O/c1-14(2)21-20(22-24-11-6-12-25-22)28-23-19(18(29-31(21)23)15(3)26-13-32)27-16-7-9-17(10-8-16)30(4)5/h6-12,14-15H,1-5H3/b27-19-. The second-order valence-electron chi connectivity index (χ2n) is 7.96. The van der Waals surface area contributed by atoms with Gasteiger partial charge in [0.1, 0.15) is 23.2 Å². The van der Waals surface area contributed by atoms with Crippen LogP contribution in [0.15, 0.2) is 57.8 Å². The Labute approximate surface area is 186 Å². The molecule has 1 aliphatic heterocycles. The Hall–Kier alpha value is -3.97. The number of nitrogens with zero attached hydrogens (tertiary/aromatic N) is 8. The first-order valence-corrected chi connectivity index (χ1v) is 10.3. The van der Waals surface area contributed by atoms with Gasteiger partial charge in [-0.05, 0) is 43.2 Å². The third-order valence-corrected chi connectivity index (χ3v) is 5.12. The summed E-state index contributed by atoms with van der Waals surface area (Å²) >= 11 is 0. The average Bonchev–Trinajstić information content (AvgIpc) is 3.32. The van der Waals surface area contributed by atoms with Crippen molar-refractivity contribution in [3.8, 4) is 11.5 Å². The molecule has 9 heteroatoms. The summed E-state index contributed by atoms with van der Waals surface area (Å²) in [6.07, 6.45) is 5.00. The van der Waals surface area contributed by atoms with Crippen LogP contribution < -0.4 is 4.90 Å². The molecule has 3 aromatic rings. The van der Waals surface area contributed by atoms with Crippen LogP contribution in [0.4, 0.5) is 11.4 Å². The topological polar surface area (TPSA) is 101 Å². The van der Waals surface area contributed by atoms with Crippen molar-refractivity contribution in [3.05, 3.63) is 54.2 Å². The van der Waals surface area contributed by atoms with Crippen LogP contribution in [0.1, 0.15) is 38.2 Å². The van der Waals surface area contributed by atoms with Crippen molar-refractivity contribution in [2.24, 2.45) is 15.1 Å². The molecule has 3 heterocycles. The van der Waals surface area contributed by atoms with Crippen LogP contribution in [-0.2, 0) is 4.79 Å². The van der Waals surface area contributed by atoms with E-state index in [-0.39, 0.29) is 5.92 Å². The highest BCUT2D eigenvalue weighted by Crippen LogP contribution is 2.32. The molecular formula is C23H24N8O. The normalized spacial score (nSPS) is 14.8. The van der Waals surface area contributed by atoms with E-state index in [4.69, 9.17) is 15.1 Å². The number of aliphatic imine (C=N–C) groups is 2. The molecule has 9 nitrogen and oxygen atoms in total. The quantitative estimate of drug-likeness (QED) is 0.441. The van der Waals surface area contributed by atoms with Gasteiger partial charge in [-0.3, -0.25) is 0 Å². The largest absolute Gasteiger partial charge is 0.378 e. The highest BCUT2D eigenvalue weighted by Gasteiger charge is 2.34. The molecule has 1 aromatic carbocycles. The minimum Gasteiger partial charge on any atom is -0.378 e. The zero-order chi connectivity index (χ0) is 22.8. The van der Waals surface area contributed by atoms with E-state index in [1.807, 2.05) is 43.3 Å². The Morgan fingerprint density at radius 1 is 1.06 bits per heavy atom. The summed E-state index contributed by atoms with van der Waals surface area (Å²) in [5.41, 5.74) is 4.49. The number of imidazole rings is 1. The van der Waals surface area contributed by atoms with Crippen LogP contribution >= 0.6 is 0 Å². The fraction of sp³-hybridized carbons (Fsp3) is 0.304. The molecule has 0 radical (unpaired) electrons. The number of hydrogen-bond acceptors (Lipinski definition) is 8. The molecule has 0 fully saturated rings. The zero-order valence-electron chi connectivity index (χ0n) is 18.7. The predicted octanol–water partition coefficient (Wildman–Crippen LogP) is 3.59. The Bertz CT molecular complexity index is 1230. The molecule has 0 saturated heterocycles. The lowest BCUT2D eigenvalue weighted by Gasteiger charge is -2.12. The molecule has 0 N–H and O–H groups in total. The van der Waals surface area contributed by atoms with Crippen LogP contribution in [-0.4, -0.2) is 57.3 Å². The molecule has 0 spiro atoms. The average molecular weight is 429 g/mol. The number of isocyanates is 1. The van der Waals surface area contributed by atoms with Crippen LogP contribution in [0.2, 0.25) is 0 Å². The van der Waals surface area contributed by atoms with E-state index in [0.717, 1.165) is 17.1 Å². The summed E-state index contributed by atoms with van der Waals surface area (Å²) in [6, 6.07) is 9.11. The molecule has 1 atom stereocenters. The van der Waals surface area contributed by atoms with E-state index >= 15 is 0 Å². The van der Waals surface area contributed by atoms with Crippen LogP contribution in [0.25, 0.3) is 11.5 Å². The van der Waals surface area contributed by atoms with E-state index in [9.17, 15) is 4.79 Å². The number of rotatable bonds is 6. The van der Waals surface area contributed by atoms with Crippen molar-refractivity contribution in [3.63, 3.8) is 0 Å². The van der Waals surface area contributed by atoms with Crippen molar-refractivity contribution in [1.29, 1.82) is 0 Å². The minimum atomic E-state index is -0.509. The van der Waals surface area contributed by atoms with Gasteiger partial charge < -0.3 is 4.90 Å². The van der Waals surface area contributed by atoms with Gasteiger partial charge in [0, 0.05) is 32.2 Å². The first-order valence-electron chi connectivity index (χ1n) is 10.3. The van der Waals surface area contributed by atoms with Crippen LogP contribution in [0, 0.1) is 0 Å². The number of aromatic nitrogens is 4. The second-order valence-corrected chi connectivity index (χ2v) is 7.96. The molecule has 0 amide bonds. The molecule has 2 aromatic heterocycles. The SMILES string of the molecule is CC(N=C=O)C1=Nn2c(nc(-c3ncccn3)c2C(C)C)/C1=N\c1ccc(N(C)C)cc1. The lowest BCUT2D eigenvalue weighted by Crippen LogP contribution is -2.23. The first kappa shape index (κ1) is 21.3. The number of anilines is 1. The van der Waals surface area contributed by atoms with Crippen molar-refractivity contribution >= 4 is 28.9 Å². The monoisotopic (exact) mass is 428 g/mol. The smallest absolute Gasteiger partial charge is 0.235 e. The third-order valence-electron chi connectivity index (χ3n) is 5.12. The summed E-state index contributed by atoms with van der Waals surface area (Å²) in [5, 5.41) is 4.76. The number of carbonyl (C=O) groups excluding carboxylic acids is 1. The Kier molecular flexibility index (Phi) is 5.75. The molecule has 1 unspecified atom stereocenters. The number of hydrogen-bond donors (Lipinski definition) is 0. The van der Waals surface area contributed by atoms with E-state index in [1.165, 1.54) is 0 Å². The first-order chi connectivity index (χ1) is 15.4. The Morgan fingerprint density at radius 3 is 2.34 bits per heavy atom. The van der Waals surface area contributed by atoms with Gasteiger partial charge in [0.2, 0.25) is 6.08 Å². The van der Waals surface area contributed by atoms with Gasteiger partial charge in [0.05, 0.1) is 11.4 Å².